The van der Waals surface area contributed by atoms with Crippen LogP contribution in [0, 0.1) is 6.92 Å². The molecule has 0 saturated heterocycles. The van der Waals surface area contributed by atoms with Crippen LogP contribution >= 0.6 is 11.6 Å². The Bertz CT molecular complexity index is 806. The molecule has 94 valence electrons. The minimum absolute atomic E-state index is 0.305. The summed E-state index contributed by atoms with van der Waals surface area (Å²) in [6.07, 6.45) is 0. The third kappa shape index (κ3) is 2.25. The van der Waals surface area contributed by atoms with Gasteiger partial charge in [-0.1, -0.05) is 29.3 Å². The van der Waals surface area contributed by atoms with Gasteiger partial charge in [0.1, 0.15) is 0 Å². The van der Waals surface area contributed by atoms with Gasteiger partial charge in [-0.2, -0.15) is 0 Å². The number of nitrogens with zero attached hydrogens (tertiary/aromatic N) is 1. The Morgan fingerprint density at radius 1 is 1.11 bits per heavy atom. The highest BCUT2D eigenvalue weighted by Gasteiger charge is 2.08. The first-order chi connectivity index (χ1) is 9.13. The number of hydrogen-bond acceptors (Lipinski definition) is 3. The van der Waals surface area contributed by atoms with Crippen molar-refractivity contribution in [1.82, 2.24) is 4.98 Å². The number of hydrogen-bond donors (Lipinski definition) is 0. The van der Waals surface area contributed by atoms with Gasteiger partial charge in [0.25, 0.3) is 0 Å². The second-order valence-corrected chi connectivity index (χ2v) is 4.77. The van der Waals surface area contributed by atoms with Gasteiger partial charge >= 0.3 is 5.63 Å². The van der Waals surface area contributed by atoms with Crippen molar-refractivity contribution in [2.45, 2.75) is 6.92 Å². The molecule has 4 heteroatoms. The topological polar surface area (TPSA) is 43.1 Å². The Morgan fingerprint density at radius 3 is 2.58 bits per heavy atom. The first-order valence-electron chi connectivity index (χ1n) is 5.81. The third-order valence-electron chi connectivity index (χ3n) is 2.89. The molecule has 0 bridgehead atoms. The van der Waals surface area contributed by atoms with Crippen LogP contribution in [0.2, 0.25) is 5.02 Å². The van der Waals surface area contributed by atoms with Crippen molar-refractivity contribution in [3.63, 3.8) is 0 Å². The van der Waals surface area contributed by atoms with E-state index < -0.39 is 5.63 Å². The highest BCUT2D eigenvalue weighted by Crippen LogP contribution is 2.20. The smallest absolute Gasteiger partial charge is 0.347 e. The molecule has 2 aromatic carbocycles. The molecule has 0 saturated carbocycles. The van der Waals surface area contributed by atoms with Crippen LogP contribution in [0.5, 0.6) is 0 Å². The Labute approximate surface area is 114 Å². The molecular formula is C15H10ClNO2. The van der Waals surface area contributed by atoms with Crippen molar-refractivity contribution >= 4 is 22.5 Å². The maximum absolute atomic E-state index is 11.9. The lowest BCUT2D eigenvalue weighted by Crippen LogP contribution is -2.02. The van der Waals surface area contributed by atoms with E-state index >= 15 is 0 Å². The fourth-order valence-electron chi connectivity index (χ4n) is 1.86. The molecular weight excluding hydrogens is 262 g/mol. The van der Waals surface area contributed by atoms with Crippen molar-refractivity contribution in [2.24, 2.45) is 0 Å². The van der Waals surface area contributed by atoms with E-state index in [0.29, 0.717) is 21.8 Å². The van der Waals surface area contributed by atoms with Gasteiger partial charge < -0.3 is 4.42 Å². The molecule has 3 aromatic rings. The Kier molecular flexibility index (Phi) is 2.84. The highest BCUT2D eigenvalue weighted by molar-refractivity contribution is 6.31. The summed E-state index contributed by atoms with van der Waals surface area (Å²) in [5.74, 6) is 0.305. The molecule has 1 heterocycles. The van der Waals surface area contributed by atoms with Gasteiger partial charge in [0.05, 0.1) is 10.9 Å². The van der Waals surface area contributed by atoms with Gasteiger partial charge in [0.15, 0.2) is 0 Å². The van der Waals surface area contributed by atoms with Crippen LogP contribution in [0.3, 0.4) is 0 Å². The van der Waals surface area contributed by atoms with E-state index in [9.17, 15) is 4.79 Å². The summed E-state index contributed by atoms with van der Waals surface area (Å²) >= 11 is 5.92. The zero-order valence-corrected chi connectivity index (χ0v) is 10.9. The van der Waals surface area contributed by atoms with Gasteiger partial charge in [-0.25, -0.2) is 9.78 Å². The molecule has 0 N–H and O–H groups in total. The van der Waals surface area contributed by atoms with Crippen molar-refractivity contribution in [1.29, 1.82) is 0 Å². The molecule has 0 spiro atoms. The maximum Gasteiger partial charge on any atom is 0.347 e. The average Bonchev–Trinajstić information content (AvgIpc) is 2.38. The van der Waals surface area contributed by atoms with Crippen LogP contribution in [-0.4, -0.2) is 4.98 Å². The SMILES string of the molecule is Cc1ccc(-c2nc3cc(Cl)ccc3c(=O)o2)cc1. The van der Waals surface area contributed by atoms with Crippen LogP contribution in [0.25, 0.3) is 22.4 Å². The Hall–Kier alpha value is -2.13. The third-order valence-corrected chi connectivity index (χ3v) is 3.12. The first-order valence-corrected chi connectivity index (χ1v) is 6.19. The molecule has 0 aliphatic rings. The normalized spacial score (nSPS) is 10.8. The fourth-order valence-corrected chi connectivity index (χ4v) is 2.03. The van der Waals surface area contributed by atoms with E-state index in [-0.39, 0.29) is 0 Å². The minimum Gasteiger partial charge on any atom is -0.403 e. The second kappa shape index (κ2) is 4.52. The van der Waals surface area contributed by atoms with Crippen LogP contribution in [0.1, 0.15) is 5.56 Å². The molecule has 3 rings (SSSR count). The van der Waals surface area contributed by atoms with E-state index in [0.717, 1.165) is 11.1 Å². The first kappa shape index (κ1) is 11.9. The van der Waals surface area contributed by atoms with Gasteiger partial charge in [0.2, 0.25) is 5.89 Å². The van der Waals surface area contributed by atoms with E-state index in [2.05, 4.69) is 4.98 Å². The number of aryl methyl sites for hydroxylation is 1. The summed E-state index contributed by atoms with van der Waals surface area (Å²) in [5.41, 5.74) is 2.04. The molecule has 19 heavy (non-hydrogen) atoms. The quantitative estimate of drug-likeness (QED) is 0.676. The molecule has 0 unspecified atom stereocenters. The molecule has 0 fully saturated rings. The van der Waals surface area contributed by atoms with Crippen molar-refractivity contribution < 1.29 is 4.42 Å². The summed E-state index contributed by atoms with van der Waals surface area (Å²) in [5, 5.41) is 0.973. The maximum atomic E-state index is 11.9. The summed E-state index contributed by atoms with van der Waals surface area (Å²) < 4.78 is 5.25. The van der Waals surface area contributed by atoms with Gasteiger partial charge in [0, 0.05) is 10.6 Å². The summed E-state index contributed by atoms with van der Waals surface area (Å²) in [6, 6.07) is 12.6. The van der Waals surface area contributed by atoms with Crippen molar-refractivity contribution in [3.8, 4) is 11.5 Å². The van der Waals surface area contributed by atoms with Crippen molar-refractivity contribution in [3.05, 3.63) is 63.5 Å². The van der Waals surface area contributed by atoms with Gasteiger partial charge in [-0.15, -0.1) is 0 Å². The van der Waals surface area contributed by atoms with Gasteiger partial charge in [-0.3, -0.25) is 0 Å². The molecule has 0 radical (unpaired) electrons. The zero-order chi connectivity index (χ0) is 13.4. The number of aromatic nitrogens is 1. The van der Waals surface area contributed by atoms with E-state index in [1.54, 1.807) is 18.2 Å². The minimum atomic E-state index is -0.405. The Morgan fingerprint density at radius 2 is 1.84 bits per heavy atom. The number of benzene rings is 2. The summed E-state index contributed by atoms with van der Waals surface area (Å²) in [6.45, 7) is 1.99. The monoisotopic (exact) mass is 271 g/mol. The van der Waals surface area contributed by atoms with Crippen LogP contribution in [-0.2, 0) is 0 Å². The largest absolute Gasteiger partial charge is 0.403 e. The Balaban J connectivity index is 2.25. The predicted octanol–water partition coefficient (Wildman–Crippen LogP) is 3.82. The molecule has 0 aliphatic heterocycles. The van der Waals surface area contributed by atoms with E-state index in [1.165, 1.54) is 0 Å². The lowest BCUT2D eigenvalue weighted by molar-refractivity contribution is 0.518. The molecule has 0 atom stereocenters. The number of halogens is 1. The van der Waals surface area contributed by atoms with Crippen molar-refractivity contribution in [2.75, 3.05) is 0 Å². The summed E-state index contributed by atoms with van der Waals surface area (Å²) in [4.78, 5) is 16.2. The number of fused-ring (bicyclic) bond motifs is 1. The van der Waals surface area contributed by atoms with Crippen LogP contribution < -0.4 is 5.63 Å². The highest BCUT2D eigenvalue weighted by atomic mass is 35.5. The van der Waals surface area contributed by atoms with E-state index in [1.807, 2.05) is 31.2 Å². The second-order valence-electron chi connectivity index (χ2n) is 4.33. The molecule has 1 aromatic heterocycles. The van der Waals surface area contributed by atoms with E-state index in [4.69, 9.17) is 16.0 Å². The standard InChI is InChI=1S/C15H10ClNO2/c1-9-2-4-10(5-3-9)14-17-13-8-11(16)6-7-12(13)15(18)19-14/h2-8H,1H3. The lowest BCUT2D eigenvalue weighted by atomic mass is 10.1. The van der Waals surface area contributed by atoms with Crippen LogP contribution in [0.15, 0.2) is 51.7 Å². The predicted molar refractivity (Wildman–Crippen MR) is 75.5 cm³/mol. The molecule has 0 amide bonds. The fraction of sp³-hybridized carbons (Fsp3) is 0.0667. The molecule has 0 aliphatic carbocycles. The molecule has 3 nitrogen and oxygen atoms in total. The van der Waals surface area contributed by atoms with Crippen LogP contribution in [0.4, 0.5) is 0 Å². The average molecular weight is 272 g/mol. The number of rotatable bonds is 1. The van der Waals surface area contributed by atoms with Gasteiger partial charge in [-0.05, 0) is 37.3 Å². The zero-order valence-electron chi connectivity index (χ0n) is 10.2. The summed E-state index contributed by atoms with van der Waals surface area (Å²) in [7, 11) is 0. The lowest BCUT2D eigenvalue weighted by Gasteiger charge is -2.02.